The van der Waals surface area contributed by atoms with Gasteiger partial charge in [-0.3, -0.25) is 0 Å². The number of carbonyl (C=O) groups excluding carboxylic acids is 2. The quantitative estimate of drug-likeness (QED) is 0.0412. The Morgan fingerprint density at radius 1 is 0.677 bits per heavy atom. The van der Waals surface area contributed by atoms with E-state index in [1.807, 2.05) is 149 Å². The maximum absolute atomic E-state index is 12.3. The molecule has 12 nitrogen and oxygen atoms in total. The SMILES string of the molecule is CC(C)(C)OC(=O)N[C@@H](Cc1ccc(OCc2ccccc2)cc1)C(N)=S.CC(C)(C)OC(=O)N[C@@H](Cc1ccc(OCc2ccccc2)cc1)c1nccs1.CCOC(CBr)OCC. The van der Waals surface area contributed by atoms with Crippen molar-refractivity contribution in [3.05, 3.63) is 148 Å². The number of nitrogens with zero attached hydrogens (tertiary/aromatic N) is 1. The number of alkyl carbamates (subject to hydrolysis) is 2. The van der Waals surface area contributed by atoms with Gasteiger partial charge in [0.1, 0.15) is 40.9 Å². The number of thiazole rings is 1. The number of amides is 2. The number of carbonyl (C=O) groups is 2. The fraction of sp³-hybridized carbons (Fsp3) is 0.400. The summed E-state index contributed by atoms with van der Waals surface area (Å²) in [6.07, 6.45) is 1.78. The molecule has 0 radical (unpaired) electrons. The first-order valence-electron chi connectivity index (χ1n) is 21.4. The van der Waals surface area contributed by atoms with E-state index in [1.54, 1.807) is 27.0 Å². The fourth-order valence-corrected chi connectivity index (χ4v) is 6.84. The number of ether oxygens (including phenoxy) is 6. The highest BCUT2D eigenvalue weighted by Crippen LogP contribution is 2.24. The zero-order valence-corrected chi connectivity index (χ0v) is 41.9. The molecule has 2 atom stereocenters. The van der Waals surface area contributed by atoms with Gasteiger partial charge in [0.2, 0.25) is 0 Å². The van der Waals surface area contributed by atoms with E-state index in [0.29, 0.717) is 39.3 Å². The number of nitrogens with two attached hydrogens (primary N) is 1. The molecule has 0 saturated carbocycles. The molecule has 15 heteroatoms. The van der Waals surface area contributed by atoms with Gasteiger partial charge >= 0.3 is 12.2 Å². The molecule has 1 aromatic heterocycles. The molecule has 0 aliphatic heterocycles. The minimum absolute atomic E-state index is 0.0694. The Morgan fingerprint density at radius 3 is 1.51 bits per heavy atom. The lowest BCUT2D eigenvalue weighted by Gasteiger charge is -2.23. The Hall–Kier alpha value is -5.06. The van der Waals surface area contributed by atoms with Crippen LogP contribution in [-0.2, 0) is 45.0 Å². The normalized spacial score (nSPS) is 12.0. The number of thiocarbonyl (C=S) groups is 1. The molecule has 2 amide bonds. The molecule has 5 rings (SSSR count). The summed E-state index contributed by atoms with van der Waals surface area (Å²) in [4.78, 5) is 28.8. The topological polar surface area (TPSA) is 152 Å². The molecule has 0 bridgehead atoms. The van der Waals surface area contributed by atoms with Crippen molar-refractivity contribution in [2.24, 2.45) is 5.73 Å². The van der Waals surface area contributed by atoms with Crippen LogP contribution in [0.5, 0.6) is 11.5 Å². The second-order valence-corrected chi connectivity index (χ2v) is 18.5. The van der Waals surface area contributed by atoms with Crippen molar-refractivity contribution < 1.29 is 38.0 Å². The van der Waals surface area contributed by atoms with Gasteiger partial charge < -0.3 is 44.8 Å². The van der Waals surface area contributed by atoms with Gasteiger partial charge in [0.15, 0.2) is 6.29 Å². The third kappa shape index (κ3) is 23.6. The molecule has 4 aromatic carbocycles. The first-order valence-corrected chi connectivity index (χ1v) is 23.9. The van der Waals surface area contributed by atoms with E-state index in [0.717, 1.165) is 44.1 Å². The largest absolute Gasteiger partial charge is 0.489 e. The predicted octanol–water partition coefficient (Wildman–Crippen LogP) is 11.3. The summed E-state index contributed by atoms with van der Waals surface area (Å²) in [6.45, 7) is 17.3. The third-order valence-electron chi connectivity index (χ3n) is 8.53. The molecule has 0 spiro atoms. The zero-order valence-electron chi connectivity index (χ0n) is 38.7. The molecule has 0 saturated heterocycles. The Morgan fingerprint density at radius 2 is 1.12 bits per heavy atom. The molecule has 5 aromatic rings. The summed E-state index contributed by atoms with van der Waals surface area (Å²) in [5.41, 5.74) is 8.94. The van der Waals surface area contributed by atoms with Crippen LogP contribution in [0.15, 0.2) is 121 Å². The van der Waals surface area contributed by atoms with Gasteiger partial charge in [-0.15, -0.1) is 11.3 Å². The van der Waals surface area contributed by atoms with Gasteiger partial charge in [-0.1, -0.05) is 113 Å². The summed E-state index contributed by atoms with van der Waals surface area (Å²) in [6, 6.07) is 34.9. The van der Waals surface area contributed by atoms with Crippen molar-refractivity contribution >= 4 is 56.7 Å². The maximum Gasteiger partial charge on any atom is 0.408 e. The number of rotatable bonds is 19. The van der Waals surface area contributed by atoms with Crippen LogP contribution in [-0.4, -0.2) is 64.2 Å². The van der Waals surface area contributed by atoms with E-state index in [-0.39, 0.29) is 17.3 Å². The number of hydrogen-bond donors (Lipinski definition) is 3. The highest BCUT2D eigenvalue weighted by atomic mass is 79.9. The van der Waals surface area contributed by atoms with Crippen LogP contribution in [0.3, 0.4) is 0 Å². The Bertz CT molecular complexity index is 2080. The first-order chi connectivity index (χ1) is 31.0. The van der Waals surface area contributed by atoms with Crippen molar-refractivity contribution in [3.63, 3.8) is 0 Å². The van der Waals surface area contributed by atoms with Crippen molar-refractivity contribution in [1.82, 2.24) is 15.6 Å². The molecule has 0 aliphatic carbocycles. The molecule has 65 heavy (non-hydrogen) atoms. The summed E-state index contributed by atoms with van der Waals surface area (Å²) >= 11 is 9.86. The minimum Gasteiger partial charge on any atom is -0.489 e. The van der Waals surface area contributed by atoms with Crippen LogP contribution in [0.1, 0.15) is 88.7 Å². The molecule has 4 N–H and O–H groups in total. The van der Waals surface area contributed by atoms with Crippen LogP contribution in [0.25, 0.3) is 0 Å². The lowest BCUT2D eigenvalue weighted by Crippen LogP contribution is -2.46. The highest BCUT2D eigenvalue weighted by molar-refractivity contribution is 9.09. The molecule has 0 fully saturated rings. The molecular formula is C50H65BrN4O8S2. The molecular weight excluding hydrogens is 929 g/mol. The van der Waals surface area contributed by atoms with Gasteiger partial charge in [-0.2, -0.15) is 0 Å². The summed E-state index contributed by atoms with van der Waals surface area (Å²) in [5.74, 6) is 1.58. The number of halogens is 1. The third-order valence-corrected chi connectivity index (χ3v) is 10.2. The van der Waals surface area contributed by atoms with Gasteiger partial charge in [0.25, 0.3) is 0 Å². The maximum atomic E-state index is 12.3. The van der Waals surface area contributed by atoms with Crippen molar-refractivity contribution in [1.29, 1.82) is 0 Å². The molecule has 0 aliphatic rings. The monoisotopic (exact) mass is 992 g/mol. The van der Waals surface area contributed by atoms with Crippen LogP contribution in [0.2, 0.25) is 0 Å². The Balaban J connectivity index is 0.000000292. The predicted molar refractivity (Wildman–Crippen MR) is 267 cm³/mol. The van der Waals surface area contributed by atoms with E-state index in [4.69, 9.17) is 46.4 Å². The summed E-state index contributed by atoms with van der Waals surface area (Å²) in [7, 11) is 0. The van der Waals surface area contributed by atoms with Crippen molar-refractivity contribution in [2.45, 2.75) is 111 Å². The summed E-state index contributed by atoms with van der Waals surface area (Å²) < 4.78 is 32.6. The second kappa shape index (κ2) is 28.8. The van der Waals surface area contributed by atoms with Gasteiger partial charge in [-0.05, 0) is 115 Å². The molecule has 1 heterocycles. The first kappa shape index (κ1) is 54.3. The van der Waals surface area contributed by atoms with Gasteiger partial charge in [0.05, 0.1) is 22.4 Å². The van der Waals surface area contributed by atoms with Crippen molar-refractivity contribution in [3.8, 4) is 11.5 Å². The van der Waals surface area contributed by atoms with E-state index in [1.165, 1.54) is 11.3 Å². The van der Waals surface area contributed by atoms with Crippen LogP contribution >= 0.6 is 39.5 Å². The van der Waals surface area contributed by atoms with Crippen LogP contribution < -0.4 is 25.8 Å². The summed E-state index contributed by atoms with van der Waals surface area (Å²) in [5, 5.41) is 9.16. The second-order valence-electron chi connectivity index (χ2n) is 16.4. The highest BCUT2D eigenvalue weighted by Gasteiger charge is 2.23. The van der Waals surface area contributed by atoms with Gasteiger partial charge in [0, 0.05) is 24.8 Å². The zero-order chi connectivity index (χ0) is 47.7. The van der Waals surface area contributed by atoms with E-state index < -0.39 is 29.4 Å². The molecule has 352 valence electrons. The number of alkyl halides is 1. The van der Waals surface area contributed by atoms with E-state index in [9.17, 15) is 9.59 Å². The fourth-order valence-electron chi connectivity index (χ4n) is 5.63. The Labute approximate surface area is 403 Å². The van der Waals surface area contributed by atoms with Crippen molar-refractivity contribution in [2.75, 3.05) is 18.5 Å². The standard InChI is InChI=1S/C23H26N2O3S.C21H26N2O3S.C6H13BrO2/c1-23(2,3)28-22(26)25-20(21-24-13-14-29-21)15-17-9-11-19(12-10-17)27-16-18-7-5-4-6-8-18;1-21(2,3)26-20(24)23-18(19(22)27)13-15-9-11-17(12-10-15)25-14-16-7-5-4-6-8-16;1-3-8-6(5-7)9-4-2/h4-14,20H,15-16H2,1-3H3,(H,25,26);4-12,18H,13-14H2,1-3H3,(H2,22,27)(H,23,24);6H,3-5H2,1-2H3/t20-;18-;/m00./s1. The lowest BCUT2D eigenvalue weighted by atomic mass is 10.1. The Kier molecular flexibility index (Phi) is 24.0. The number of hydrogen-bond acceptors (Lipinski definition) is 11. The average Bonchev–Trinajstić information content (AvgIpc) is 3.81. The number of benzene rings is 4. The van der Waals surface area contributed by atoms with Gasteiger partial charge in [-0.25, -0.2) is 14.6 Å². The minimum atomic E-state index is -0.581. The number of nitrogens with one attached hydrogen (secondary N) is 2. The van der Waals surface area contributed by atoms with E-state index >= 15 is 0 Å². The number of aromatic nitrogens is 1. The smallest absolute Gasteiger partial charge is 0.408 e. The lowest BCUT2D eigenvalue weighted by molar-refractivity contribution is -0.119. The van der Waals surface area contributed by atoms with E-state index in [2.05, 4.69) is 31.5 Å². The molecule has 0 unspecified atom stereocenters. The average molecular weight is 994 g/mol. The van der Waals surface area contributed by atoms with Crippen LogP contribution in [0.4, 0.5) is 9.59 Å². The van der Waals surface area contributed by atoms with Crippen LogP contribution in [0, 0.1) is 0 Å².